The second-order valence-corrected chi connectivity index (χ2v) is 4.85. The summed E-state index contributed by atoms with van der Waals surface area (Å²) in [6.07, 6.45) is 0. The predicted octanol–water partition coefficient (Wildman–Crippen LogP) is 1.84. The van der Waals surface area contributed by atoms with Gasteiger partial charge in [0.25, 0.3) is 0 Å². The zero-order valence-electron chi connectivity index (χ0n) is 10.1. The highest BCUT2D eigenvalue weighted by atomic mass is 32.2. The van der Waals surface area contributed by atoms with Gasteiger partial charge >= 0.3 is 5.17 Å². The highest BCUT2D eigenvalue weighted by molar-refractivity contribution is 8.13. The first-order chi connectivity index (χ1) is 7.54. The fraction of sp³-hybridized carbons (Fsp3) is 0.333. The van der Waals surface area contributed by atoms with Gasteiger partial charge in [0.05, 0.1) is 39.8 Å². The molecule has 1 aromatic rings. The SMILES string of the molecule is CN(C)C(Sc1cccc(C#N)c1)=[N+](C)C. The topological polar surface area (TPSA) is 30.0 Å². The summed E-state index contributed by atoms with van der Waals surface area (Å²) >= 11 is 1.65. The zero-order chi connectivity index (χ0) is 12.1. The average molecular weight is 234 g/mol. The first-order valence-corrected chi connectivity index (χ1v) is 5.76. The van der Waals surface area contributed by atoms with Crippen LogP contribution in [0.1, 0.15) is 5.56 Å². The number of benzene rings is 1. The van der Waals surface area contributed by atoms with Crippen molar-refractivity contribution in [2.24, 2.45) is 0 Å². The lowest BCUT2D eigenvalue weighted by molar-refractivity contribution is -0.466. The monoisotopic (exact) mass is 234 g/mol. The maximum absolute atomic E-state index is 8.83. The van der Waals surface area contributed by atoms with Crippen LogP contribution in [0.15, 0.2) is 29.2 Å². The molecule has 0 aliphatic rings. The van der Waals surface area contributed by atoms with Gasteiger partial charge < -0.3 is 0 Å². The van der Waals surface area contributed by atoms with Crippen LogP contribution in [0, 0.1) is 11.3 Å². The molecule has 3 nitrogen and oxygen atoms in total. The Balaban J connectivity index is 2.96. The number of amidine groups is 1. The maximum Gasteiger partial charge on any atom is 0.312 e. The summed E-state index contributed by atoms with van der Waals surface area (Å²) in [4.78, 5) is 3.14. The number of nitrogens with zero attached hydrogens (tertiary/aromatic N) is 3. The van der Waals surface area contributed by atoms with E-state index in [0.29, 0.717) is 5.56 Å². The molecule has 1 rings (SSSR count). The molecule has 0 saturated heterocycles. The van der Waals surface area contributed by atoms with E-state index in [1.165, 1.54) is 0 Å². The van der Waals surface area contributed by atoms with E-state index in [1.807, 2.05) is 52.5 Å². The van der Waals surface area contributed by atoms with E-state index in [0.717, 1.165) is 10.1 Å². The van der Waals surface area contributed by atoms with E-state index in [4.69, 9.17) is 5.26 Å². The first kappa shape index (κ1) is 12.6. The summed E-state index contributed by atoms with van der Waals surface area (Å²) in [6.45, 7) is 0. The van der Waals surface area contributed by atoms with Gasteiger partial charge in [-0.3, -0.25) is 9.48 Å². The minimum absolute atomic E-state index is 0.696. The van der Waals surface area contributed by atoms with Crippen LogP contribution in [0.3, 0.4) is 0 Å². The van der Waals surface area contributed by atoms with Gasteiger partial charge in [-0.1, -0.05) is 6.07 Å². The zero-order valence-corrected chi connectivity index (χ0v) is 10.9. The molecule has 0 aliphatic carbocycles. The van der Waals surface area contributed by atoms with Crippen LogP contribution in [-0.4, -0.2) is 42.8 Å². The number of hydrogen-bond acceptors (Lipinski definition) is 2. The molecule has 0 spiro atoms. The van der Waals surface area contributed by atoms with Crippen molar-refractivity contribution in [2.45, 2.75) is 4.90 Å². The highest BCUT2D eigenvalue weighted by Gasteiger charge is 2.13. The van der Waals surface area contributed by atoms with E-state index in [9.17, 15) is 0 Å². The van der Waals surface area contributed by atoms with Crippen molar-refractivity contribution in [1.29, 1.82) is 5.26 Å². The first-order valence-electron chi connectivity index (χ1n) is 4.94. The molecule has 0 aliphatic heterocycles. The van der Waals surface area contributed by atoms with Crippen molar-refractivity contribution in [2.75, 3.05) is 28.2 Å². The highest BCUT2D eigenvalue weighted by Crippen LogP contribution is 2.21. The van der Waals surface area contributed by atoms with Crippen LogP contribution < -0.4 is 0 Å². The lowest BCUT2D eigenvalue weighted by Crippen LogP contribution is -2.26. The van der Waals surface area contributed by atoms with Crippen molar-refractivity contribution in [3.8, 4) is 6.07 Å². The van der Waals surface area contributed by atoms with Gasteiger partial charge in [0.1, 0.15) is 0 Å². The predicted molar refractivity (Wildman–Crippen MR) is 67.8 cm³/mol. The van der Waals surface area contributed by atoms with E-state index >= 15 is 0 Å². The van der Waals surface area contributed by atoms with Gasteiger partial charge in [-0.05, 0) is 30.0 Å². The van der Waals surface area contributed by atoms with Gasteiger partial charge in [-0.25, -0.2) is 0 Å². The largest absolute Gasteiger partial charge is 0.312 e. The molecule has 1 aromatic carbocycles. The molecular formula is C12H16N3S+. The number of rotatable bonds is 1. The van der Waals surface area contributed by atoms with Gasteiger partial charge in [0, 0.05) is 4.90 Å². The van der Waals surface area contributed by atoms with Crippen LogP contribution in [0.2, 0.25) is 0 Å². The molecule has 0 unspecified atom stereocenters. The Morgan fingerprint density at radius 1 is 1.38 bits per heavy atom. The Kier molecular flexibility index (Phi) is 4.39. The van der Waals surface area contributed by atoms with Gasteiger partial charge in [-0.15, -0.1) is 0 Å². The van der Waals surface area contributed by atoms with Crippen LogP contribution in [0.4, 0.5) is 0 Å². The van der Waals surface area contributed by atoms with Crippen molar-refractivity contribution in [3.05, 3.63) is 29.8 Å². The van der Waals surface area contributed by atoms with E-state index in [2.05, 4.69) is 15.5 Å². The molecule has 84 valence electrons. The van der Waals surface area contributed by atoms with Crippen LogP contribution in [0.5, 0.6) is 0 Å². The second-order valence-electron chi connectivity index (χ2n) is 3.81. The van der Waals surface area contributed by atoms with Gasteiger partial charge in [0.15, 0.2) is 0 Å². The fourth-order valence-corrected chi connectivity index (χ4v) is 2.23. The number of hydrogen-bond donors (Lipinski definition) is 0. The van der Waals surface area contributed by atoms with Gasteiger partial charge in [-0.2, -0.15) is 5.26 Å². The smallest absolute Gasteiger partial charge is 0.261 e. The van der Waals surface area contributed by atoms with Crippen molar-refractivity contribution in [1.82, 2.24) is 4.90 Å². The third kappa shape index (κ3) is 3.28. The molecule has 0 atom stereocenters. The average Bonchev–Trinajstić information content (AvgIpc) is 2.25. The molecular weight excluding hydrogens is 218 g/mol. The van der Waals surface area contributed by atoms with E-state index < -0.39 is 0 Å². The van der Waals surface area contributed by atoms with Crippen molar-refractivity contribution < 1.29 is 4.58 Å². The molecule has 4 heteroatoms. The quantitative estimate of drug-likeness (QED) is 0.321. The van der Waals surface area contributed by atoms with Crippen LogP contribution >= 0.6 is 11.8 Å². The van der Waals surface area contributed by atoms with Crippen LogP contribution in [0.25, 0.3) is 0 Å². The third-order valence-electron chi connectivity index (χ3n) is 1.94. The Labute approximate surface area is 101 Å². The molecule has 0 amide bonds. The summed E-state index contributed by atoms with van der Waals surface area (Å²) in [5, 5.41) is 9.96. The molecule has 0 heterocycles. The molecule has 0 N–H and O–H groups in total. The Morgan fingerprint density at radius 2 is 2.06 bits per heavy atom. The minimum atomic E-state index is 0.696. The summed E-state index contributed by atoms with van der Waals surface area (Å²) in [5.74, 6) is 0. The lowest BCUT2D eigenvalue weighted by atomic mass is 10.2. The summed E-state index contributed by atoms with van der Waals surface area (Å²) < 4.78 is 2.06. The summed E-state index contributed by atoms with van der Waals surface area (Å²) in [6, 6.07) is 9.78. The van der Waals surface area contributed by atoms with Gasteiger partial charge in [0.2, 0.25) is 0 Å². The molecule has 0 bridgehead atoms. The second kappa shape index (κ2) is 5.57. The molecule has 0 radical (unpaired) electrons. The summed E-state index contributed by atoms with van der Waals surface area (Å²) in [7, 11) is 8.04. The van der Waals surface area contributed by atoms with Crippen LogP contribution in [-0.2, 0) is 0 Å². The molecule has 0 fully saturated rings. The summed E-state index contributed by atoms with van der Waals surface area (Å²) in [5.41, 5.74) is 0.696. The Hall–Kier alpha value is -1.47. The molecule has 0 aromatic heterocycles. The molecule has 0 saturated carbocycles. The van der Waals surface area contributed by atoms with E-state index in [-0.39, 0.29) is 0 Å². The van der Waals surface area contributed by atoms with Crippen molar-refractivity contribution in [3.63, 3.8) is 0 Å². The molecule has 16 heavy (non-hydrogen) atoms. The lowest BCUT2D eigenvalue weighted by Gasteiger charge is -2.10. The maximum atomic E-state index is 8.83. The third-order valence-corrected chi connectivity index (χ3v) is 3.34. The fourth-order valence-electron chi connectivity index (χ4n) is 1.32. The van der Waals surface area contributed by atoms with E-state index in [1.54, 1.807) is 11.8 Å². The number of thioether (sulfide) groups is 1. The minimum Gasteiger partial charge on any atom is -0.261 e. The van der Waals surface area contributed by atoms with Crippen molar-refractivity contribution >= 4 is 16.9 Å². The standard InChI is InChI=1S/C12H16N3S/c1-14(2)12(15(3)4)16-11-7-5-6-10(8-11)9-13/h5-8H,1-4H3/q+1. The number of nitriles is 1. The normalized spacial score (nSPS) is 9.44. The Bertz CT molecular complexity index is 440. The Morgan fingerprint density at radius 3 is 2.56 bits per heavy atom.